The number of rotatable bonds is 3. The first kappa shape index (κ1) is 19.0. The number of pyridine rings is 1. The Morgan fingerprint density at radius 2 is 1.89 bits per heavy atom. The topological polar surface area (TPSA) is 149 Å². The molecule has 8 heteroatoms. The van der Waals surface area contributed by atoms with Crippen molar-refractivity contribution in [1.29, 1.82) is 10.5 Å². The highest BCUT2D eigenvalue weighted by Gasteiger charge is 2.30. The Labute approximate surface area is 163 Å². The molecule has 0 amide bonds. The molecule has 0 saturated heterocycles. The molecule has 6 N–H and O–H groups in total. The van der Waals surface area contributed by atoms with E-state index in [2.05, 4.69) is 53.5 Å². The number of benzene rings is 1. The molecule has 0 fully saturated rings. The minimum atomic E-state index is -0.522. The second kappa shape index (κ2) is 7.09. The number of anilines is 3. The predicted molar refractivity (Wildman–Crippen MR) is 109 cm³/mol. The number of nitrogen functional groups attached to an aromatic ring is 2. The van der Waals surface area contributed by atoms with Crippen LogP contribution in [0.3, 0.4) is 0 Å². The number of guanidine groups is 1. The molecule has 3 rings (SSSR count). The van der Waals surface area contributed by atoms with Crippen LogP contribution in [-0.4, -0.2) is 10.9 Å². The van der Waals surface area contributed by atoms with Gasteiger partial charge in [0.05, 0.1) is 5.69 Å². The Balaban J connectivity index is 2.15. The van der Waals surface area contributed by atoms with Crippen LogP contribution in [0.1, 0.15) is 55.5 Å². The quantitative estimate of drug-likeness (QED) is 0.476. The molecule has 1 aliphatic heterocycles. The number of aromatic nitrogens is 1. The first-order valence-corrected chi connectivity index (χ1v) is 8.91. The molecule has 1 atom stereocenters. The summed E-state index contributed by atoms with van der Waals surface area (Å²) in [6, 6.07) is 9.59. The van der Waals surface area contributed by atoms with Crippen LogP contribution in [-0.2, 0) is 5.41 Å². The van der Waals surface area contributed by atoms with Crippen LogP contribution in [0.15, 0.2) is 29.3 Å². The molecular formula is C20H22N8. The van der Waals surface area contributed by atoms with Crippen molar-refractivity contribution in [2.45, 2.75) is 38.6 Å². The van der Waals surface area contributed by atoms with Gasteiger partial charge in [0.25, 0.3) is 0 Å². The zero-order chi connectivity index (χ0) is 20.5. The number of nitrogens with one attached hydrogen (secondary N) is 2. The largest absolute Gasteiger partial charge is 0.397 e. The van der Waals surface area contributed by atoms with Crippen LogP contribution in [0, 0.1) is 22.8 Å². The van der Waals surface area contributed by atoms with Crippen LogP contribution in [0.25, 0.3) is 0 Å². The maximum Gasteiger partial charge on any atom is 0.211 e. The van der Waals surface area contributed by atoms with Gasteiger partial charge < -0.3 is 16.8 Å². The van der Waals surface area contributed by atoms with Crippen LogP contribution >= 0.6 is 0 Å². The molecule has 0 aliphatic carbocycles. The fourth-order valence-corrected chi connectivity index (χ4v) is 3.14. The van der Waals surface area contributed by atoms with Gasteiger partial charge in [-0.15, -0.1) is 0 Å². The monoisotopic (exact) mass is 374 g/mol. The van der Waals surface area contributed by atoms with E-state index < -0.39 is 6.04 Å². The van der Waals surface area contributed by atoms with Gasteiger partial charge in [-0.05, 0) is 23.0 Å². The average Bonchev–Trinajstić information content (AvgIpc) is 2.68. The molecule has 1 aliphatic rings. The van der Waals surface area contributed by atoms with Crippen molar-refractivity contribution in [1.82, 2.24) is 10.3 Å². The Bertz CT molecular complexity index is 1020. The molecule has 142 valence electrons. The van der Waals surface area contributed by atoms with Gasteiger partial charge in [0.1, 0.15) is 29.3 Å². The summed E-state index contributed by atoms with van der Waals surface area (Å²) in [6.07, 6.45) is 2.86. The number of nitrogens with two attached hydrogens (primary N) is 2. The summed E-state index contributed by atoms with van der Waals surface area (Å²) in [5, 5.41) is 23.8. The average molecular weight is 374 g/mol. The zero-order valence-corrected chi connectivity index (χ0v) is 16.0. The molecule has 0 spiro atoms. The zero-order valence-electron chi connectivity index (χ0n) is 16.0. The lowest BCUT2D eigenvalue weighted by atomic mass is 9.81. The molecule has 0 bridgehead atoms. The van der Waals surface area contributed by atoms with Crippen molar-refractivity contribution in [3.63, 3.8) is 0 Å². The lowest BCUT2D eigenvalue weighted by molar-refractivity contribution is 0.506. The molecule has 28 heavy (non-hydrogen) atoms. The van der Waals surface area contributed by atoms with E-state index in [1.54, 1.807) is 0 Å². The summed E-state index contributed by atoms with van der Waals surface area (Å²) in [6.45, 7) is 6.54. The van der Waals surface area contributed by atoms with Gasteiger partial charge in [-0.25, -0.2) is 9.98 Å². The standard InChI is InChI=1S/C20H22N8/c1-4-20(2,3)12-7-5-11(6-8-12)16-14-15(23)13(9-21)17(24)27-18(14)28-19(26-16)25-10-22/h5-8,16H,4H2,1-3H3,(H6,23,24,25,26,27,28). The van der Waals surface area contributed by atoms with E-state index in [1.165, 1.54) is 5.56 Å². The number of nitrogens with zero attached hydrogens (tertiary/aromatic N) is 4. The third-order valence-electron chi connectivity index (χ3n) is 5.25. The van der Waals surface area contributed by atoms with E-state index in [-0.39, 0.29) is 28.4 Å². The third kappa shape index (κ3) is 3.17. The SMILES string of the molecule is CCC(C)(C)c1ccc(C2N=C(NC#N)Nc3nc(N)c(C#N)c(N)c32)cc1. The lowest BCUT2D eigenvalue weighted by Crippen LogP contribution is -2.32. The fraction of sp³-hybridized carbons (Fsp3) is 0.300. The summed E-state index contributed by atoms with van der Waals surface area (Å²) < 4.78 is 0. The summed E-state index contributed by atoms with van der Waals surface area (Å²) in [5.41, 5.74) is 15.2. The smallest absolute Gasteiger partial charge is 0.211 e. The number of fused-ring (bicyclic) bond motifs is 1. The Morgan fingerprint density at radius 1 is 1.21 bits per heavy atom. The number of nitriles is 2. The first-order chi connectivity index (χ1) is 13.3. The van der Waals surface area contributed by atoms with E-state index in [0.29, 0.717) is 11.4 Å². The van der Waals surface area contributed by atoms with Gasteiger partial charge in [-0.2, -0.15) is 10.5 Å². The van der Waals surface area contributed by atoms with Gasteiger partial charge in [0.15, 0.2) is 6.19 Å². The normalized spacial score (nSPS) is 15.5. The van der Waals surface area contributed by atoms with E-state index >= 15 is 0 Å². The number of hydrogen-bond donors (Lipinski definition) is 4. The maximum atomic E-state index is 9.39. The van der Waals surface area contributed by atoms with Gasteiger partial charge >= 0.3 is 0 Å². The van der Waals surface area contributed by atoms with Crippen molar-refractivity contribution >= 4 is 23.3 Å². The fourth-order valence-electron chi connectivity index (χ4n) is 3.14. The minimum absolute atomic E-state index is 0.0308. The molecule has 2 heterocycles. The van der Waals surface area contributed by atoms with Crippen molar-refractivity contribution in [2.24, 2.45) is 4.99 Å². The minimum Gasteiger partial charge on any atom is -0.397 e. The summed E-state index contributed by atoms with van der Waals surface area (Å²) >= 11 is 0. The molecule has 0 saturated carbocycles. The summed E-state index contributed by atoms with van der Waals surface area (Å²) in [4.78, 5) is 8.82. The Morgan fingerprint density at radius 3 is 2.46 bits per heavy atom. The molecule has 0 radical (unpaired) electrons. The van der Waals surface area contributed by atoms with Crippen molar-refractivity contribution in [3.05, 3.63) is 46.5 Å². The molecule has 1 aromatic heterocycles. The van der Waals surface area contributed by atoms with Gasteiger partial charge in [0, 0.05) is 5.56 Å². The van der Waals surface area contributed by atoms with Crippen LogP contribution in [0.4, 0.5) is 17.3 Å². The van der Waals surface area contributed by atoms with Crippen molar-refractivity contribution in [3.8, 4) is 12.3 Å². The van der Waals surface area contributed by atoms with Crippen molar-refractivity contribution < 1.29 is 0 Å². The first-order valence-electron chi connectivity index (χ1n) is 8.91. The van der Waals surface area contributed by atoms with Gasteiger partial charge in [-0.1, -0.05) is 45.0 Å². The van der Waals surface area contributed by atoms with Crippen molar-refractivity contribution in [2.75, 3.05) is 16.8 Å². The number of aliphatic imine (C=N–C) groups is 1. The third-order valence-corrected chi connectivity index (χ3v) is 5.25. The second-order valence-corrected chi connectivity index (χ2v) is 7.26. The van der Waals surface area contributed by atoms with E-state index in [0.717, 1.165) is 12.0 Å². The van der Waals surface area contributed by atoms with E-state index in [4.69, 9.17) is 16.7 Å². The van der Waals surface area contributed by atoms with Gasteiger partial charge in [0.2, 0.25) is 5.96 Å². The lowest BCUT2D eigenvalue weighted by Gasteiger charge is -2.27. The molecule has 2 aromatic rings. The van der Waals surface area contributed by atoms with E-state index in [1.807, 2.05) is 24.4 Å². The maximum absolute atomic E-state index is 9.39. The molecule has 8 nitrogen and oxygen atoms in total. The van der Waals surface area contributed by atoms with E-state index in [9.17, 15) is 5.26 Å². The van der Waals surface area contributed by atoms with Crippen LogP contribution < -0.4 is 22.1 Å². The highest BCUT2D eigenvalue weighted by atomic mass is 15.2. The Kier molecular flexibility index (Phi) is 4.81. The summed E-state index contributed by atoms with van der Waals surface area (Å²) in [7, 11) is 0. The Hall–Kier alpha value is -3.78. The highest BCUT2D eigenvalue weighted by Crippen LogP contribution is 2.40. The molecular weight excluding hydrogens is 352 g/mol. The predicted octanol–water partition coefficient (Wildman–Crippen LogP) is 2.75. The van der Waals surface area contributed by atoms with Crippen LogP contribution in [0.2, 0.25) is 0 Å². The summed E-state index contributed by atoms with van der Waals surface area (Å²) in [5.74, 6) is 0.655. The van der Waals surface area contributed by atoms with Gasteiger partial charge in [-0.3, -0.25) is 5.32 Å². The second-order valence-electron chi connectivity index (χ2n) is 7.26. The van der Waals surface area contributed by atoms with Crippen LogP contribution in [0.5, 0.6) is 0 Å². The molecule has 1 aromatic carbocycles. The highest BCUT2D eigenvalue weighted by molar-refractivity contribution is 5.98. The molecule has 1 unspecified atom stereocenters. The number of hydrogen-bond acceptors (Lipinski definition) is 8.